The van der Waals surface area contributed by atoms with Crippen LogP contribution in [-0.4, -0.2) is 27.8 Å². The van der Waals surface area contributed by atoms with Gasteiger partial charge in [0, 0.05) is 5.56 Å². The molecule has 0 atom stereocenters. The van der Waals surface area contributed by atoms with Crippen LogP contribution in [-0.2, 0) is 4.74 Å². The normalized spacial score (nSPS) is 10.4. The summed E-state index contributed by atoms with van der Waals surface area (Å²) >= 11 is 0. The van der Waals surface area contributed by atoms with Crippen LogP contribution in [0.3, 0.4) is 0 Å². The number of benzene rings is 1. The Morgan fingerprint density at radius 3 is 2.61 bits per heavy atom. The van der Waals surface area contributed by atoms with Gasteiger partial charge in [0.15, 0.2) is 5.82 Å². The number of nitrogens with zero attached hydrogens (tertiary/aromatic N) is 2. The lowest BCUT2D eigenvalue weighted by atomic mass is 10.0. The van der Waals surface area contributed by atoms with Crippen molar-refractivity contribution in [2.75, 3.05) is 6.61 Å². The van der Waals surface area contributed by atoms with Gasteiger partial charge in [-0.15, -0.1) is 0 Å². The first-order valence-electron chi connectivity index (χ1n) is 5.79. The number of rotatable bonds is 3. The Balaban J connectivity index is 2.38. The molecule has 0 aliphatic carbocycles. The lowest BCUT2D eigenvalue weighted by molar-refractivity contribution is 0.0512. The van der Waals surface area contributed by atoms with E-state index in [0.717, 1.165) is 16.7 Å². The quantitative estimate of drug-likeness (QED) is 0.842. The zero-order valence-electron chi connectivity index (χ0n) is 10.7. The second-order valence-corrected chi connectivity index (χ2v) is 3.99. The third-order valence-electron chi connectivity index (χ3n) is 2.66. The van der Waals surface area contributed by atoms with Crippen LogP contribution in [0.25, 0.3) is 11.4 Å². The van der Waals surface area contributed by atoms with Gasteiger partial charge in [0.25, 0.3) is 0 Å². The van der Waals surface area contributed by atoms with Crippen LogP contribution >= 0.6 is 0 Å². The molecule has 0 aliphatic heterocycles. The second kappa shape index (κ2) is 5.00. The summed E-state index contributed by atoms with van der Waals surface area (Å²) in [5, 5.41) is 6.68. The number of ether oxygens (including phenoxy) is 1. The smallest absolute Gasteiger partial charge is 0.375 e. The second-order valence-electron chi connectivity index (χ2n) is 3.99. The first kappa shape index (κ1) is 12.3. The number of hydrogen-bond donors (Lipinski definition) is 1. The van der Waals surface area contributed by atoms with E-state index in [0.29, 0.717) is 12.4 Å². The molecule has 1 heterocycles. The number of H-pyrrole nitrogens is 1. The molecule has 1 aromatic carbocycles. The summed E-state index contributed by atoms with van der Waals surface area (Å²) in [5.41, 5.74) is 3.10. The molecule has 1 aromatic heterocycles. The molecule has 0 amide bonds. The molecule has 0 fully saturated rings. The van der Waals surface area contributed by atoms with Crippen LogP contribution in [0.2, 0.25) is 0 Å². The van der Waals surface area contributed by atoms with Gasteiger partial charge >= 0.3 is 5.97 Å². The number of esters is 1. The molecule has 2 aromatic rings. The fraction of sp³-hybridized carbons (Fsp3) is 0.308. The van der Waals surface area contributed by atoms with Crippen molar-refractivity contribution in [2.24, 2.45) is 0 Å². The van der Waals surface area contributed by atoms with E-state index >= 15 is 0 Å². The Morgan fingerprint density at radius 2 is 2.00 bits per heavy atom. The van der Waals surface area contributed by atoms with E-state index in [2.05, 4.69) is 15.2 Å². The van der Waals surface area contributed by atoms with E-state index in [1.807, 2.05) is 32.0 Å². The van der Waals surface area contributed by atoms with Crippen LogP contribution in [0.1, 0.15) is 28.7 Å². The lowest BCUT2D eigenvalue weighted by Gasteiger charge is -2.04. The highest BCUT2D eigenvalue weighted by atomic mass is 16.5. The third kappa shape index (κ3) is 2.25. The predicted octanol–water partition coefficient (Wildman–Crippen LogP) is 2.27. The van der Waals surface area contributed by atoms with Gasteiger partial charge in [-0.25, -0.2) is 9.78 Å². The highest BCUT2D eigenvalue weighted by Crippen LogP contribution is 2.23. The van der Waals surface area contributed by atoms with Gasteiger partial charge < -0.3 is 4.74 Å². The van der Waals surface area contributed by atoms with Gasteiger partial charge in [-0.2, -0.15) is 5.10 Å². The molecule has 5 heteroatoms. The Morgan fingerprint density at radius 1 is 1.33 bits per heavy atom. The van der Waals surface area contributed by atoms with E-state index in [4.69, 9.17) is 4.74 Å². The molecule has 1 N–H and O–H groups in total. The molecule has 0 saturated carbocycles. The molecule has 0 spiro atoms. The highest BCUT2D eigenvalue weighted by Gasteiger charge is 2.15. The van der Waals surface area contributed by atoms with Crippen molar-refractivity contribution < 1.29 is 9.53 Å². The Bertz CT molecular complexity index is 555. The Hall–Kier alpha value is -2.17. The number of aryl methyl sites for hydroxylation is 2. The van der Waals surface area contributed by atoms with Crippen molar-refractivity contribution in [3.63, 3.8) is 0 Å². The van der Waals surface area contributed by atoms with Crippen LogP contribution in [0.4, 0.5) is 0 Å². The van der Waals surface area contributed by atoms with E-state index in [9.17, 15) is 4.79 Å². The first-order chi connectivity index (χ1) is 8.63. The standard InChI is InChI=1S/C13H15N3O2/c1-4-18-13(17)12-14-11(15-16-12)10-8(2)6-5-7-9(10)3/h5-7H,4H2,1-3H3,(H,14,15,16). The molecule has 0 saturated heterocycles. The SMILES string of the molecule is CCOC(=O)c1nc(-c2c(C)cccc2C)n[nH]1. The summed E-state index contributed by atoms with van der Waals surface area (Å²) in [5.74, 6) is 0.172. The highest BCUT2D eigenvalue weighted by molar-refractivity contribution is 5.85. The fourth-order valence-corrected chi connectivity index (χ4v) is 1.83. The minimum atomic E-state index is -0.484. The minimum absolute atomic E-state index is 0.134. The van der Waals surface area contributed by atoms with Gasteiger partial charge in [0.05, 0.1) is 6.61 Å². The molecule has 0 radical (unpaired) electrons. The van der Waals surface area contributed by atoms with E-state index < -0.39 is 5.97 Å². The fourth-order valence-electron chi connectivity index (χ4n) is 1.83. The van der Waals surface area contributed by atoms with Crippen LogP contribution in [0.15, 0.2) is 18.2 Å². The summed E-state index contributed by atoms with van der Waals surface area (Å²) in [4.78, 5) is 15.7. The van der Waals surface area contributed by atoms with Crippen LogP contribution in [0, 0.1) is 13.8 Å². The van der Waals surface area contributed by atoms with Crippen molar-refractivity contribution in [1.29, 1.82) is 0 Å². The maximum Gasteiger partial charge on any atom is 0.375 e. The summed E-state index contributed by atoms with van der Waals surface area (Å²) in [6.45, 7) is 6.05. The monoisotopic (exact) mass is 245 g/mol. The van der Waals surface area contributed by atoms with Crippen molar-refractivity contribution in [2.45, 2.75) is 20.8 Å². The molecule has 2 rings (SSSR count). The summed E-state index contributed by atoms with van der Waals surface area (Å²) in [7, 11) is 0. The zero-order valence-corrected chi connectivity index (χ0v) is 10.7. The summed E-state index contributed by atoms with van der Waals surface area (Å²) in [6.07, 6.45) is 0. The topological polar surface area (TPSA) is 67.9 Å². The minimum Gasteiger partial charge on any atom is -0.460 e. The van der Waals surface area contributed by atoms with E-state index in [-0.39, 0.29) is 5.82 Å². The number of hydrogen-bond acceptors (Lipinski definition) is 4. The van der Waals surface area contributed by atoms with Crippen molar-refractivity contribution >= 4 is 5.97 Å². The summed E-state index contributed by atoms with van der Waals surface area (Å²) in [6, 6.07) is 5.96. The van der Waals surface area contributed by atoms with Gasteiger partial charge in [-0.05, 0) is 31.9 Å². The molecule has 0 bridgehead atoms. The van der Waals surface area contributed by atoms with Gasteiger partial charge in [0.1, 0.15) is 0 Å². The predicted molar refractivity (Wildman–Crippen MR) is 67.2 cm³/mol. The molecular weight excluding hydrogens is 230 g/mol. The Labute approximate surface area is 105 Å². The van der Waals surface area contributed by atoms with Gasteiger partial charge in [-0.1, -0.05) is 18.2 Å². The largest absolute Gasteiger partial charge is 0.460 e. The summed E-state index contributed by atoms with van der Waals surface area (Å²) < 4.78 is 4.86. The first-order valence-corrected chi connectivity index (χ1v) is 5.79. The molecule has 18 heavy (non-hydrogen) atoms. The molecule has 0 unspecified atom stereocenters. The average molecular weight is 245 g/mol. The number of aromatic amines is 1. The van der Waals surface area contributed by atoms with Gasteiger partial charge in [0.2, 0.25) is 5.82 Å². The maximum absolute atomic E-state index is 11.5. The molecule has 94 valence electrons. The molecule has 5 nitrogen and oxygen atoms in total. The van der Waals surface area contributed by atoms with Gasteiger partial charge in [-0.3, -0.25) is 5.10 Å². The van der Waals surface area contributed by atoms with E-state index in [1.165, 1.54) is 0 Å². The maximum atomic E-state index is 11.5. The average Bonchev–Trinajstić information content (AvgIpc) is 2.78. The number of carbonyl (C=O) groups excluding carboxylic acids is 1. The van der Waals surface area contributed by atoms with E-state index in [1.54, 1.807) is 6.92 Å². The van der Waals surface area contributed by atoms with Crippen LogP contribution < -0.4 is 0 Å². The Kier molecular flexibility index (Phi) is 3.41. The molecule has 0 aliphatic rings. The number of carbonyl (C=O) groups is 1. The third-order valence-corrected chi connectivity index (χ3v) is 2.66. The lowest BCUT2D eigenvalue weighted by Crippen LogP contribution is -2.06. The van der Waals surface area contributed by atoms with Crippen molar-refractivity contribution in [1.82, 2.24) is 15.2 Å². The van der Waals surface area contributed by atoms with Crippen molar-refractivity contribution in [3.05, 3.63) is 35.2 Å². The van der Waals surface area contributed by atoms with Crippen LogP contribution in [0.5, 0.6) is 0 Å². The number of aromatic nitrogens is 3. The molecular formula is C13H15N3O2. The van der Waals surface area contributed by atoms with Crippen molar-refractivity contribution in [3.8, 4) is 11.4 Å². The zero-order chi connectivity index (χ0) is 13.1. The number of nitrogens with one attached hydrogen (secondary N) is 1.